The number of ether oxygens (including phenoxy) is 1. The number of ketones is 1. The molecule has 88 valence electrons. The van der Waals surface area contributed by atoms with Crippen molar-refractivity contribution >= 4 is 39.7 Å². The maximum absolute atomic E-state index is 12.1. The highest BCUT2D eigenvalue weighted by atomic mass is 127. The third kappa shape index (κ3) is 3.07. The van der Waals surface area contributed by atoms with Gasteiger partial charge in [0.25, 0.3) is 0 Å². The van der Waals surface area contributed by atoms with E-state index in [1.807, 2.05) is 35.7 Å². The number of Topliss-reactive ketones (excluding diaryl/α,β-unsaturated/α-hetero) is 1. The number of carbonyl (C=O) groups excluding carboxylic acids is 1. The van der Waals surface area contributed by atoms with Crippen LogP contribution in [-0.2, 0) is 6.42 Å². The summed E-state index contributed by atoms with van der Waals surface area (Å²) in [4.78, 5) is 12.8. The van der Waals surface area contributed by atoms with Crippen LogP contribution in [0.3, 0.4) is 0 Å². The smallest absolute Gasteiger partial charge is 0.180 e. The van der Waals surface area contributed by atoms with Crippen molar-refractivity contribution in [3.63, 3.8) is 0 Å². The summed E-state index contributed by atoms with van der Waals surface area (Å²) >= 11 is 3.68. The number of hydrogen-bond acceptors (Lipinski definition) is 3. The predicted octanol–water partition coefficient (Wildman–Crippen LogP) is 3.79. The summed E-state index contributed by atoms with van der Waals surface area (Å²) in [5, 5.41) is 1.87. The van der Waals surface area contributed by atoms with Crippen LogP contribution in [0.5, 0.6) is 5.75 Å². The van der Waals surface area contributed by atoms with Crippen LogP contribution in [-0.4, -0.2) is 12.9 Å². The van der Waals surface area contributed by atoms with Gasteiger partial charge >= 0.3 is 0 Å². The number of carbonyl (C=O) groups is 1. The fourth-order valence-electron chi connectivity index (χ4n) is 1.53. The molecule has 2 nitrogen and oxygen atoms in total. The maximum Gasteiger partial charge on any atom is 0.180 e. The highest BCUT2D eigenvalue weighted by molar-refractivity contribution is 14.1. The Labute approximate surface area is 118 Å². The Bertz CT molecular complexity index is 516. The minimum atomic E-state index is 0.109. The molecule has 0 aliphatic heterocycles. The van der Waals surface area contributed by atoms with E-state index < -0.39 is 0 Å². The van der Waals surface area contributed by atoms with Gasteiger partial charge in [0.1, 0.15) is 10.6 Å². The lowest BCUT2D eigenvalue weighted by atomic mass is 10.1. The van der Waals surface area contributed by atoms with Crippen molar-refractivity contribution in [2.45, 2.75) is 6.42 Å². The number of benzene rings is 1. The molecular formula is C13H11IO2S. The minimum Gasteiger partial charge on any atom is -0.495 e. The Balaban J connectivity index is 2.14. The van der Waals surface area contributed by atoms with Crippen molar-refractivity contribution in [2.75, 3.05) is 7.11 Å². The Hall–Kier alpha value is -0.880. The van der Waals surface area contributed by atoms with Gasteiger partial charge in [-0.15, -0.1) is 11.3 Å². The molecular weight excluding hydrogens is 347 g/mol. The second kappa shape index (κ2) is 5.64. The van der Waals surface area contributed by atoms with E-state index in [0.717, 1.165) is 5.56 Å². The minimum absolute atomic E-state index is 0.109. The average molecular weight is 358 g/mol. The molecule has 0 saturated carbocycles. The van der Waals surface area contributed by atoms with Crippen LogP contribution in [0.1, 0.15) is 15.2 Å². The monoisotopic (exact) mass is 358 g/mol. The second-order valence-corrected chi connectivity index (χ2v) is 5.71. The quantitative estimate of drug-likeness (QED) is 0.614. The molecule has 0 radical (unpaired) electrons. The van der Waals surface area contributed by atoms with Crippen LogP contribution >= 0.6 is 33.9 Å². The Morgan fingerprint density at radius 1 is 1.29 bits per heavy atom. The zero-order valence-electron chi connectivity index (χ0n) is 9.27. The topological polar surface area (TPSA) is 26.3 Å². The lowest BCUT2D eigenvalue weighted by Gasteiger charge is -2.02. The summed E-state index contributed by atoms with van der Waals surface area (Å²) in [6.07, 6.45) is 0.424. The summed E-state index contributed by atoms with van der Waals surface area (Å²) in [5.41, 5.74) is 1.03. The van der Waals surface area contributed by atoms with Crippen molar-refractivity contribution in [3.05, 3.63) is 49.7 Å². The van der Waals surface area contributed by atoms with E-state index in [4.69, 9.17) is 4.74 Å². The van der Waals surface area contributed by atoms with Crippen LogP contribution in [0.25, 0.3) is 0 Å². The zero-order chi connectivity index (χ0) is 12.3. The first-order valence-electron chi connectivity index (χ1n) is 5.10. The van der Waals surface area contributed by atoms with Gasteiger partial charge in [-0.05, 0) is 51.7 Å². The molecule has 0 N–H and O–H groups in total. The molecule has 0 atom stereocenters. The summed E-state index contributed by atoms with van der Waals surface area (Å²) in [6, 6.07) is 9.81. The first-order valence-corrected chi connectivity index (χ1v) is 7.05. The normalized spacial score (nSPS) is 10.2. The highest BCUT2D eigenvalue weighted by Gasteiger charge is 2.14. The highest BCUT2D eigenvalue weighted by Crippen LogP contribution is 2.26. The van der Waals surface area contributed by atoms with E-state index in [1.165, 1.54) is 14.9 Å². The van der Waals surface area contributed by atoms with Crippen molar-refractivity contribution in [3.8, 4) is 5.75 Å². The van der Waals surface area contributed by atoms with Crippen molar-refractivity contribution in [2.24, 2.45) is 0 Å². The van der Waals surface area contributed by atoms with Crippen LogP contribution in [0.15, 0.2) is 35.7 Å². The number of halogens is 1. The summed E-state index contributed by atoms with van der Waals surface area (Å²) in [7, 11) is 1.59. The third-order valence-corrected chi connectivity index (χ3v) is 4.04. The van der Waals surface area contributed by atoms with Crippen molar-refractivity contribution in [1.29, 1.82) is 0 Å². The van der Waals surface area contributed by atoms with Crippen LogP contribution in [0.2, 0.25) is 0 Å². The molecule has 0 saturated heterocycles. The Morgan fingerprint density at radius 3 is 2.65 bits per heavy atom. The molecule has 0 bridgehead atoms. The molecule has 2 rings (SSSR count). The summed E-state index contributed by atoms with van der Waals surface area (Å²) in [5.74, 6) is 0.781. The van der Waals surface area contributed by atoms with Gasteiger partial charge in [0.15, 0.2) is 5.78 Å². The molecule has 4 heteroatoms. The van der Waals surface area contributed by atoms with Crippen LogP contribution in [0, 0.1) is 3.57 Å². The van der Waals surface area contributed by atoms with Gasteiger partial charge in [-0.1, -0.05) is 12.1 Å². The van der Waals surface area contributed by atoms with Gasteiger partial charge in [0.2, 0.25) is 0 Å². The van der Waals surface area contributed by atoms with Gasteiger partial charge in [-0.3, -0.25) is 4.79 Å². The summed E-state index contributed by atoms with van der Waals surface area (Å²) in [6.45, 7) is 0. The predicted molar refractivity (Wildman–Crippen MR) is 78.1 cm³/mol. The molecule has 0 spiro atoms. The Kier molecular flexibility index (Phi) is 4.17. The first-order chi connectivity index (χ1) is 8.20. The lowest BCUT2D eigenvalue weighted by Crippen LogP contribution is -2.02. The van der Waals surface area contributed by atoms with E-state index in [1.54, 1.807) is 7.11 Å². The molecule has 1 heterocycles. The average Bonchev–Trinajstić information content (AvgIpc) is 2.80. The maximum atomic E-state index is 12.1. The summed E-state index contributed by atoms with van der Waals surface area (Å²) < 4.78 is 6.33. The van der Waals surface area contributed by atoms with Gasteiger partial charge in [0.05, 0.1) is 7.11 Å². The molecule has 0 fully saturated rings. The second-order valence-electron chi connectivity index (χ2n) is 3.54. The molecule has 0 aliphatic carbocycles. The van der Waals surface area contributed by atoms with E-state index in [9.17, 15) is 4.79 Å². The molecule has 1 aromatic heterocycles. The van der Waals surface area contributed by atoms with E-state index in [2.05, 4.69) is 22.6 Å². The number of rotatable bonds is 4. The zero-order valence-corrected chi connectivity index (χ0v) is 12.2. The third-order valence-electron chi connectivity index (χ3n) is 2.38. The molecule has 2 aromatic rings. The fourth-order valence-corrected chi connectivity index (χ4v) is 2.69. The van der Waals surface area contributed by atoms with Gasteiger partial charge in [-0.2, -0.15) is 0 Å². The van der Waals surface area contributed by atoms with Gasteiger partial charge in [-0.25, -0.2) is 0 Å². The molecule has 0 unspecified atom stereocenters. The molecule has 1 aromatic carbocycles. The fraction of sp³-hybridized carbons (Fsp3) is 0.154. The molecule has 0 amide bonds. The van der Waals surface area contributed by atoms with E-state index in [-0.39, 0.29) is 5.78 Å². The number of thiophene rings is 1. The van der Waals surface area contributed by atoms with Gasteiger partial charge < -0.3 is 4.74 Å². The Morgan fingerprint density at radius 2 is 2.00 bits per heavy atom. The SMILES string of the molecule is COc1ccsc1C(=O)Cc1ccc(I)cc1. The van der Waals surface area contributed by atoms with Crippen LogP contribution in [0.4, 0.5) is 0 Å². The van der Waals surface area contributed by atoms with E-state index in [0.29, 0.717) is 17.0 Å². The van der Waals surface area contributed by atoms with Crippen molar-refractivity contribution in [1.82, 2.24) is 0 Å². The first kappa shape index (κ1) is 12.6. The molecule has 0 aliphatic rings. The standard InChI is InChI=1S/C13H11IO2S/c1-16-12-6-7-17-13(12)11(15)8-9-2-4-10(14)5-3-9/h2-7H,8H2,1H3. The van der Waals surface area contributed by atoms with Crippen LogP contribution < -0.4 is 4.74 Å². The van der Waals surface area contributed by atoms with E-state index >= 15 is 0 Å². The largest absolute Gasteiger partial charge is 0.495 e. The molecule has 17 heavy (non-hydrogen) atoms. The van der Waals surface area contributed by atoms with Crippen molar-refractivity contribution < 1.29 is 9.53 Å². The lowest BCUT2D eigenvalue weighted by molar-refractivity contribution is 0.0994. The number of hydrogen-bond donors (Lipinski definition) is 0. The van der Waals surface area contributed by atoms with Gasteiger partial charge in [0, 0.05) is 9.99 Å². The number of methoxy groups -OCH3 is 1.